The summed E-state index contributed by atoms with van der Waals surface area (Å²) in [7, 11) is 1.69. The van der Waals surface area contributed by atoms with Gasteiger partial charge in [0.05, 0.1) is 7.11 Å². The van der Waals surface area contributed by atoms with E-state index < -0.39 is 0 Å². The molecule has 2 N–H and O–H groups in total. The monoisotopic (exact) mass is 269 g/mol. The summed E-state index contributed by atoms with van der Waals surface area (Å²) >= 11 is 0. The van der Waals surface area contributed by atoms with E-state index in [1.165, 1.54) is 0 Å². The molecule has 0 fully saturated rings. The first kappa shape index (κ1) is 13.1. The van der Waals surface area contributed by atoms with Crippen molar-refractivity contribution >= 4 is 0 Å². The molecule has 0 saturated heterocycles. The number of aromatic nitrogens is 2. The molecule has 1 heterocycles. The predicted molar refractivity (Wildman–Crippen MR) is 77.7 cm³/mol. The summed E-state index contributed by atoms with van der Waals surface area (Å²) in [5.74, 6) is 1.72. The second-order valence-electron chi connectivity index (χ2n) is 5.18. The molecule has 0 spiro atoms. The van der Waals surface area contributed by atoms with Crippen molar-refractivity contribution in [2.24, 2.45) is 5.73 Å². The summed E-state index contributed by atoms with van der Waals surface area (Å²) in [6.45, 7) is 0. The largest absolute Gasteiger partial charge is 0.496 e. The van der Waals surface area contributed by atoms with Crippen LogP contribution in [0.5, 0.6) is 5.75 Å². The number of rotatable bonds is 3. The van der Waals surface area contributed by atoms with Crippen LogP contribution < -0.4 is 10.5 Å². The van der Waals surface area contributed by atoms with Crippen LogP contribution in [0.1, 0.15) is 41.5 Å². The van der Waals surface area contributed by atoms with Crippen LogP contribution in [0.15, 0.2) is 30.5 Å². The Morgan fingerprint density at radius 3 is 3.05 bits per heavy atom. The molecule has 4 heteroatoms. The fourth-order valence-corrected chi connectivity index (χ4v) is 2.73. The zero-order valence-corrected chi connectivity index (χ0v) is 11.7. The van der Waals surface area contributed by atoms with Crippen LogP contribution in [0.25, 0.3) is 0 Å². The second-order valence-corrected chi connectivity index (χ2v) is 5.18. The average Bonchev–Trinajstić information content (AvgIpc) is 2.48. The van der Waals surface area contributed by atoms with Crippen molar-refractivity contribution in [3.63, 3.8) is 0 Å². The van der Waals surface area contributed by atoms with E-state index in [-0.39, 0.29) is 6.04 Å². The Bertz CT molecular complexity index is 612. The van der Waals surface area contributed by atoms with E-state index in [0.717, 1.165) is 47.7 Å². The van der Waals surface area contributed by atoms with Gasteiger partial charge >= 0.3 is 0 Å². The van der Waals surface area contributed by atoms with Gasteiger partial charge in [-0.05, 0) is 25.3 Å². The SMILES string of the molecule is COc1ccccc1Cc1ncc2c(n1)CCCC2N. The average molecular weight is 269 g/mol. The maximum Gasteiger partial charge on any atom is 0.133 e. The number of fused-ring (bicyclic) bond motifs is 1. The number of nitrogens with two attached hydrogens (primary N) is 1. The minimum Gasteiger partial charge on any atom is -0.496 e. The van der Waals surface area contributed by atoms with Crippen molar-refractivity contribution in [3.05, 3.63) is 53.1 Å². The molecule has 1 aliphatic rings. The number of aryl methyl sites for hydroxylation is 1. The molecular weight excluding hydrogens is 250 g/mol. The van der Waals surface area contributed by atoms with Gasteiger partial charge in [-0.25, -0.2) is 9.97 Å². The highest BCUT2D eigenvalue weighted by atomic mass is 16.5. The fourth-order valence-electron chi connectivity index (χ4n) is 2.73. The normalized spacial score (nSPS) is 17.6. The van der Waals surface area contributed by atoms with E-state index in [0.29, 0.717) is 6.42 Å². The number of nitrogens with zero attached hydrogens (tertiary/aromatic N) is 2. The molecular formula is C16H19N3O. The first-order valence-corrected chi connectivity index (χ1v) is 7.00. The minimum atomic E-state index is 0.0964. The van der Waals surface area contributed by atoms with Crippen LogP contribution in [-0.4, -0.2) is 17.1 Å². The maximum absolute atomic E-state index is 6.09. The molecule has 0 radical (unpaired) electrons. The van der Waals surface area contributed by atoms with Gasteiger partial charge in [-0.3, -0.25) is 0 Å². The van der Waals surface area contributed by atoms with Gasteiger partial charge in [0, 0.05) is 35.5 Å². The quantitative estimate of drug-likeness (QED) is 0.929. The number of ether oxygens (including phenoxy) is 1. The van der Waals surface area contributed by atoms with Crippen molar-refractivity contribution in [1.82, 2.24) is 9.97 Å². The molecule has 0 bridgehead atoms. The summed E-state index contributed by atoms with van der Waals surface area (Å²) in [5, 5.41) is 0. The Morgan fingerprint density at radius 2 is 2.20 bits per heavy atom. The third kappa shape index (κ3) is 2.51. The van der Waals surface area contributed by atoms with Gasteiger partial charge in [-0.1, -0.05) is 18.2 Å². The predicted octanol–water partition coefficient (Wildman–Crippen LogP) is 2.41. The highest BCUT2D eigenvalue weighted by Gasteiger charge is 2.19. The molecule has 2 aromatic rings. The lowest BCUT2D eigenvalue weighted by molar-refractivity contribution is 0.410. The van der Waals surface area contributed by atoms with E-state index in [1.54, 1.807) is 7.11 Å². The number of methoxy groups -OCH3 is 1. The van der Waals surface area contributed by atoms with Gasteiger partial charge in [-0.15, -0.1) is 0 Å². The Morgan fingerprint density at radius 1 is 1.35 bits per heavy atom. The summed E-state index contributed by atoms with van der Waals surface area (Å²) < 4.78 is 5.37. The number of para-hydroxylation sites is 1. The summed E-state index contributed by atoms with van der Waals surface area (Å²) in [6.07, 6.45) is 5.73. The lowest BCUT2D eigenvalue weighted by Gasteiger charge is -2.21. The third-order valence-corrected chi connectivity index (χ3v) is 3.82. The van der Waals surface area contributed by atoms with Crippen LogP contribution in [0.2, 0.25) is 0 Å². The van der Waals surface area contributed by atoms with E-state index in [9.17, 15) is 0 Å². The van der Waals surface area contributed by atoms with E-state index >= 15 is 0 Å². The van der Waals surface area contributed by atoms with E-state index in [4.69, 9.17) is 10.5 Å². The highest BCUT2D eigenvalue weighted by molar-refractivity contribution is 5.35. The molecule has 104 valence electrons. The Labute approximate surface area is 119 Å². The molecule has 0 saturated carbocycles. The lowest BCUT2D eigenvalue weighted by Crippen LogP contribution is -2.19. The number of hydrogen-bond donors (Lipinski definition) is 1. The van der Waals surface area contributed by atoms with Crippen molar-refractivity contribution in [2.45, 2.75) is 31.7 Å². The second kappa shape index (κ2) is 5.59. The summed E-state index contributed by atoms with van der Waals surface area (Å²) in [6, 6.07) is 8.08. The molecule has 1 atom stereocenters. The van der Waals surface area contributed by atoms with Crippen LogP contribution in [0.3, 0.4) is 0 Å². The Hall–Kier alpha value is -1.94. The molecule has 3 rings (SSSR count). The smallest absolute Gasteiger partial charge is 0.133 e. The molecule has 20 heavy (non-hydrogen) atoms. The van der Waals surface area contributed by atoms with Gasteiger partial charge in [0.25, 0.3) is 0 Å². The zero-order valence-electron chi connectivity index (χ0n) is 11.7. The molecule has 1 unspecified atom stereocenters. The third-order valence-electron chi connectivity index (χ3n) is 3.82. The summed E-state index contributed by atoms with van der Waals surface area (Å²) in [4.78, 5) is 9.15. The van der Waals surface area contributed by atoms with Gasteiger partial charge in [0.2, 0.25) is 0 Å². The van der Waals surface area contributed by atoms with Gasteiger partial charge in [0.1, 0.15) is 11.6 Å². The van der Waals surface area contributed by atoms with Gasteiger partial charge in [-0.2, -0.15) is 0 Å². The van der Waals surface area contributed by atoms with Crippen molar-refractivity contribution in [1.29, 1.82) is 0 Å². The molecule has 1 aromatic heterocycles. The van der Waals surface area contributed by atoms with Crippen molar-refractivity contribution in [3.8, 4) is 5.75 Å². The number of benzene rings is 1. The zero-order chi connectivity index (χ0) is 13.9. The Balaban J connectivity index is 1.88. The number of hydrogen-bond acceptors (Lipinski definition) is 4. The van der Waals surface area contributed by atoms with E-state index in [2.05, 4.69) is 9.97 Å². The first-order chi connectivity index (χ1) is 9.78. The van der Waals surface area contributed by atoms with Crippen LogP contribution in [-0.2, 0) is 12.8 Å². The summed E-state index contributed by atoms with van der Waals surface area (Å²) in [5.41, 5.74) is 9.43. The molecule has 0 aliphatic heterocycles. The molecule has 1 aromatic carbocycles. The maximum atomic E-state index is 6.09. The van der Waals surface area contributed by atoms with Crippen LogP contribution in [0, 0.1) is 0 Å². The van der Waals surface area contributed by atoms with Gasteiger partial charge < -0.3 is 10.5 Å². The van der Waals surface area contributed by atoms with Crippen LogP contribution >= 0.6 is 0 Å². The van der Waals surface area contributed by atoms with Crippen LogP contribution in [0.4, 0.5) is 0 Å². The van der Waals surface area contributed by atoms with Crippen molar-refractivity contribution < 1.29 is 4.74 Å². The van der Waals surface area contributed by atoms with Crippen molar-refractivity contribution in [2.75, 3.05) is 7.11 Å². The highest BCUT2D eigenvalue weighted by Crippen LogP contribution is 2.26. The molecule has 4 nitrogen and oxygen atoms in total. The van der Waals surface area contributed by atoms with E-state index in [1.807, 2.05) is 30.5 Å². The Kier molecular flexibility index (Phi) is 3.65. The first-order valence-electron chi connectivity index (χ1n) is 7.00. The minimum absolute atomic E-state index is 0.0964. The standard InChI is InChI=1S/C16H19N3O/c1-20-15-8-3-2-5-11(15)9-16-18-10-12-13(17)6-4-7-14(12)19-16/h2-3,5,8,10,13H,4,6-7,9,17H2,1H3. The molecule has 0 amide bonds. The lowest BCUT2D eigenvalue weighted by atomic mass is 9.93. The topological polar surface area (TPSA) is 61.0 Å². The fraction of sp³-hybridized carbons (Fsp3) is 0.375. The molecule has 1 aliphatic carbocycles. The van der Waals surface area contributed by atoms with Gasteiger partial charge in [0.15, 0.2) is 0 Å².